The summed E-state index contributed by atoms with van der Waals surface area (Å²) in [6.07, 6.45) is -0.227. The second-order valence-corrected chi connectivity index (χ2v) is 3.65. The summed E-state index contributed by atoms with van der Waals surface area (Å²) in [6, 6.07) is 7.10. The van der Waals surface area contributed by atoms with Gasteiger partial charge in [0.25, 0.3) is 5.91 Å². The van der Waals surface area contributed by atoms with Crippen molar-refractivity contribution in [3.05, 3.63) is 29.3 Å². The Morgan fingerprint density at radius 1 is 1.60 bits per heavy atom. The third-order valence-electron chi connectivity index (χ3n) is 2.67. The number of anilines is 1. The van der Waals surface area contributed by atoms with E-state index in [1.54, 1.807) is 12.1 Å². The molecule has 0 spiro atoms. The van der Waals surface area contributed by atoms with E-state index < -0.39 is 11.5 Å². The Hall–Kier alpha value is -1.86. The molecule has 0 aromatic heterocycles. The van der Waals surface area contributed by atoms with Crippen molar-refractivity contribution in [1.82, 2.24) is 0 Å². The molecule has 1 aromatic rings. The Morgan fingerprint density at radius 2 is 2.33 bits per heavy atom. The summed E-state index contributed by atoms with van der Waals surface area (Å²) in [7, 11) is 0. The first-order valence-corrected chi connectivity index (χ1v) is 4.60. The van der Waals surface area contributed by atoms with Gasteiger partial charge in [-0.25, -0.2) is 0 Å². The standard InChI is InChI=1S/C11H10N2O2/c1-7-3-2-4-8-9(7)13-10(14)11(8,15)5-6-12/h2-4,15H,5H2,1H3,(H,13,14). The fourth-order valence-corrected chi connectivity index (χ4v) is 1.81. The highest BCUT2D eigenvalue weighted by atomic mass is 16.3. The highest BCUT2D eigenvalue weighted by molar-refractivity contribution is 6.05. The number of nitrogens with one attached hydrogen (secondary N) is 1. The van der Waals surface area contributed by atoms with Crippen LogP contribution >= 0.6 is 0 Å². The molecule has 1 aromatic carbocycles. The van der Waals surface area contributed by atoms with Gasteiger partial charge in [-0.05, 0) is 12.5 Å². The van der Waals surface area contributed by atoms with Crippen LogP contribution in [0.1, 0.15) is 17.5 Å². The van der Waals surface area contributed by atoms with E-state index in [9.17, 15) is 9.90 Å². The van der Waals surface area contributed by atoms with Crippen LogP contribution in [0.3, 0.4) is 0 Å². The minimum atomic E-state index is -1.68. The van der Waals surface area contributed by atoms with Crippen LogP contribution in [0.2, 0.25) is 0 Å². The van der Waals surface area contributed by atoms with E-state index in [1.807, 2.05) is 19.1 Å². The van der Waals surface area contributed by atoms with Crippen LogP contribution in [0.15, 0.2) is 18.2 Å². The van der Waals surface area contributed by atoms with Gasteiger partial charge in [-0.3, -0.25) is 4.79 Å². The van der Waals surface area contributed by atoms with E-state index in [0.29, 0.717) is 11.3 Å². The average molecular weight is 202 g/mol. The molecule has 2 rings (SSSR count). The molecule has 0 bridgehead atoms. The highest BCUT2D eigenvalue weighted by Gasteiger charge is 2.45. The van der Waals surface area contributed by atoms with Gasteiger partial charge < -0.3 is 10.4 Å². The molecule has 76 valence electrons. The van der Waals surface area contributed by atoms with Gasteiger partial charge >= 0.3 is 0 Å². The SMILES string of the molecule is Cc1cccc2c1NC(=O)C2(O)CC#N. The molecule has 0 fully saturated rings. The van der Waals surface area contributed by atoms with Gasteiger partial charge in [0.1, 0.15) is 0 Å². The van der Waals surface area contributed by atoms with Crippen LogP contribution in [0.5, 0.6) is 0 Å². The van der Waals surface area contributed by atoms with E-state index >= 15 is 0 Å². The Balaban J connectivity index is 2.61. The molecular formula is C11H10N2O2. The lowest BCUT2D eigenvalue weighted by Crippen LogP contribution is -2.33. The summed E-state index contributed by atoms with van der Waals surface area (Å²) in [6.45, 7) is 1.84. The molecule has 2 N–H and O–H groups in total. The van der Waals surface area contributed by atoms with Gasteiger partial charge in [-0.2, -0.15) is 5.26 Å². The number of carbonyl (C=O) groups is 1. The van der Waals surface area contributed by atoms with Crippen molar-refractivity contribution < 1.29 is 9.90 Å². The molecule has 4 nitrogen and oxygen atoms in total. The molecule has 4 heteroatoms. The zero-order valence-electron chi connectivity index (χ0n) is 8.24. The molecule has 0 aliphatic carbocycles. The fraction of sp³-hybridized carbons (Fsp3) is 0.273. The number of nitrogens with zero attached hydrogens (tertiary/aromatic N) is 1. The molecule has 15 heavy (non-hydrogen) atoms. The zero-order chi connectivity index (χ0) is 11.1. The normalized spacial score (nSPS) is 23.1. The Morgan fingerprint density at radius 3 is 3.00 bits per heavy atom. The lowest BCUT2D eigenvalue weighted by Gasteiger charge is -2.16. The fourth-order valence-electron chi connectivity index (χ4n) is 1.81. The van der Waals surface area contributed by atoms with Crippen molar-refractivity contribution in [2.75, 3.05) is 5.32 Å². The number of rotatable bonds is 1. The minimum Gasteiger partial charge on any atom is -0.374 e. The monoisotopic (exact) mass is 202 g/mol. The van der Waals surface area contributed by atoms with Crippen molar-refractivity contribution in [2.45, 2.75) is 18.9 Å². The molecule has 1 atom stereocenters. The quantitative estimate of drug-likeness (QED) is 0.714. The van der Waals surface area contributed by atoms with Crippen molar-refractivity contribution in [2.24, 2.45) is 0 Å². The van der Waals surface area contributed by atoms with Gasteiger partial charge in [0, 0.05) is 5.56 Å². The molecule has 1 unspecified atom stereocenters. The summed E-state index contributed by atoms with van der Waals surface area (Å²) in [5.41, 5.74) is 0.319. The molecular weight excluding hydrogens is 192 g/mol. The van der Waals surface area contributed by atoms with Gasteiger partial charge in [0.15, 0.2) is 5.60 Å². The number of hydrogen-bond acceptors (Lipinski definition) is 3. The van der Waals surface area contributed by atoms with Crippen molar-refractivity contribution in [3.8, 4) is 6.07 Å². The topological polar surface area (TPSA) is 73.1 Å². The number of benzene rings is 1. The van der Waals surface area contributed by atoms with Crippen molar-refractivity contribution >= 4 is 11.6 Å². The molecule has 0 saturated heterocycles. The first kappa shape index (κ1) is 9.69. The zero-order valence-corrected chi connectivity index (χ0v) is 8.24. The number of carbonyl (C=O) groups excluding carboxylic acids is 1. The first-order valence-electron chi connectivity index (χ1n) is 4.60. The van der Waals surface area contributed by atoms with E-state index in [0.717, 1.165) is 5.56 Å². The first-order chi connectivity index (χ1) is 7.09. The smallest absolute Gasteiger partial charge is 0.262 e. The molecule has 1 amide bonds. The second-order valence-electron chi connectivity index (χ2n) is 3.65. The summed E-state index contributed by atoms with van der Waals surface area (Å²) in [4.78, 5) is 11.6. The Labute approximate surface area is 87.1 Å². The van der Waals surface area contributed by atoms with E-state index in [4.69, 9.17) is 5.26 Å². The molecule has 1 aliphatic rings. The Bertz CT molecular complexity index is 476. The maximum absolute atomic E-state index is 11.6. The lowest BCUT2D eigenvalue weighted by molar-refractivity contribution is -0.133. The van der Waals surface area contributed by atoms with Gasteiger partial charge in [0.05, 0.1) is 18.2 Å². The summed E-state index contributed by atoms with van der Waals surface area (Å²) < 4.78 is 0. The van der Waals surface area contributed by atoms with Gasteiger partial charge in [-0.15, -0.1) is 0 Å². The summed E-state index contributed by atoms with van der Waals surface area (Å²) in [5.74, 6) is -0.520. The van der Waals surface area contributed by atoms with E-state index in [1.165, 1.54) is 0 Å². The largest absolute Gasteiger partial charge is 0.374 e. The number of amides is 1. The van der Waals surface area contributed by atoms with Crippen LogP contribution in [-0.4, -0.2) is 11.0 Å². The molecule has 0 saturated carbocycles. The lowest BCUT2D eigenvalue weighted by atomic mass is 9.91. The third kappa shape index (κ3) is 1.21. The van der Waals surface area contributed by atoms with Crippen LogP contribution in [0.4, 0.5) is 5.69 Å². The molecule has 1 heterocycles. The predicted octanol–water partition coefficient (Wildman–Crippen LogP) is 1.05. The van der Waals surface area contributed by atoms with E-state index in [2.05, 4.69) is 5.32 Å². The van der Waals surface area contributed by atoms with Crippen LogP contribution in [-0.2, 0) is 10.4 Å². The van der Waals surface area contributed by atoms with Crippen molar-refractivity contribution in [3.63, 3.8) is 0 Å². The average Bonchev–Trinajstić information content (AvgIpc) is 2.44. The van der Waals surface area contributed by atoms with Crippen LogP contribution in [0, 0.1) is 18.3 Å². The van der Waals surface area contributed by atoms with Gasteiger partial charge in [-0.1, -0.05) is 18.2 Å². The summed E-state index contributed by atoms with van der Waals surface area (Å²) in [5, 5.41) is 21.3. The van der Waals surface area contributed by atoms with E-state index in [-0.39, 0.29) is 6.42 Å². The number of aliphatic hydroxyl groups is 1. The predicted molar refractivity (Wildman–Crippen MR) is 53.9 cm³/mol. The Kier molecular flexibility index (Phi) is 1.98. The van der Waals surface area contributed by atoms with Crippen LogP contribution < -0.4 is 5.32 Å². The maximum Gasteiger partial charge on any atom is 0.262 e. The third-order valence-corrected chi connectivity index (χ3v) is 2.67. The molecule has 1 aliphatic heterocycles. The van der Waals surface area contributed by atoms with Gasteiger partial charge in [0.2, 0.25) is 0 Å². The minimum absolute atomic E-state index is 0.227. The van der Waals surface area contributed by atoms with Crippen LogP contribution in [0.25, 0.3) is 0 Å². The molecule has 0 radical (unpaired) electrons. The summed E-state index contributed by atoms with van der Waals surface area (Å²) >= 11 is 0. The number of hydrogen-bond donors (Lipinski definition) is 2. The number of aryl methyl sites for hydroxylation is 1. The number of fused-ring (bicyclic) bond motifs is 1. The number of para-hydroxylation sites is 1. The maximum atomic E-state index is 11.6. The highest BCUT2D eigenvalue weighted by Crippen LogP contribution is 2.39. The second kappa shape index (κ2) is 3.07. The number of nitriles is 1. The van der Waals surface area contributed by atoms with Crippen molar-refractivity contribution in [1.29, 1.82) is 5.26 Å².